The fourth-order valence-corrected chi connectivity index (χ4v) is 2.17. The second-order valence-electron chi connectivity index (χ2n) is 4.60. The van der Waals surface area contributed by atoms with Crippen molar-refractivity contribution in [2.24, 2.45) is 5.10 Å². The minimum Gasteiger partial charge on any atom is -0.493 e. The molecule has 0 aromatic heterocycles. The van der Waals surface area contributed by atoms with Crippen molar-refractivity contribution >= 4 is 35.3 Å². The van der Waals surface area contributed by atoms with Gasteiger partial charge in [-0.3, -0.25) is 4.79 Å². The Balaban J connectivity index is 1.88. The zero-order chi connectivity index (χ0) is 17.4. The number of hydrogen-bond donors (Lipinski definition) is 1. The first kappa shape index (κ1) is 18.1. The number of nitrogens with zero attached hydrogens (tertiary/aromatic N) is 1. The van der Waals surface area contributed by atoms with Gasteiger partial charge in [0.25, 0.3) is 5.91 Å². The van der Waals surface area contributed by atoms with Crippen LogP contribution in [0.15, 0.2) is 47.6 Å². The standard InChI is InChI=1S/C17H16Cl2N2O3/c1-2-23-14-8-4-3-6-12(14)10-20-21-16(22)11-24-15-9-5-7-13(18)17(15)19/h3-10H,2,11H2,1H3,(H,21,22)/b20-10-. The third kappa shape index (κ3) is 5.15. The summed E-state index contributed by atoms with van der Waals surface area (Å²) in [6.07, 6.45) is 1.51. The lowest BCUT2D eigenvalue weighted by Crippen LogP contribution is -2.24. The number of ether oxygens (including phenoxy) is 2. The topological polar surface area (TPSA) is 59.9 Å². The molecular formula is C17H16Cl2N2O3. The predicted molar refractivity (Wildman–Crippen MR) is 95.3 cm³/mol. The average molecular weight is 367 g/mol. The van der Waals surface area contributed by atoms with Crippen LogP contribution in [0.2, 0.25) is 10.0 Å². The number of hydrogen-bond acceptors (Lipinski definition) is 4. The molecule has 0 fully saturated rings. The van der Waals surface area contributed by atoms with E-state index >= 15 is 0 Å². The van der Waals surface area contributed by atoms with Crippen molar-refractivity contribution in [3.05, 3.63) is 58.1 Å². The lowest BCUT2D eigenvalue weighted by molar-refractivity contribution is -0.123. The molecule has 0 saturated carbocycles. The molecule has 1 amide bonds. The van der Waals surface area contributed by atoms with Gasteiger partial charge in [0.05, 0.1) is 17.8 Å². The first-order chi connectivity index (χ1) is 11.6. The van der Waals surface area contributed by atoms with E-state index in [-0.39, 0.29) is 11.6 Å². The van der Waals surface area contributed by atoms with Gasteiger partial charge < -0.3 is 9.47 Å². The van der Waals surface area contributed by atoms with Gasteiger partial charge in [-0.2, -0.15) is 5.10 Å². The number of carbonyl (C=O) groups is 1. The highest BCUT2D eigenvalue weighted by Crippen LogP contribution is 2.31. The van der Waals surface area contributed by atoms with Crippen molar-refractivity contribution in [1.29, 1.82) is 0 Å². The summed E-state index contributed by atoms with van der Waals surface area (Å²) in [4.78, 5) is 11.8. The lowest BCUT2D eigenvalue weighted by Gasteiger charge is -2.08. The van der Waals surface area contributed by atoms with E-state index in [1.54, 1.807) is 18.2 Å². The third-order valence-corrected chi connectivity index (χ3v) is 3.69. The molecule has 0 aliphatic carbocycles. The van der Waals surface area contributed by atoms with Crippen LogP contribution in [0, 0.1) is 0 Å². The van der Waals surface area contributed by atoms with Crippen LogP contribution >= 0.6 is 23.2 Å². The van der Waals surface area contributed by atoms with E-state index in [9.17, 15) is 4.79 Å². The fourth-order valence-electron chi connectivity index (χ4n) is 1.82. The molecule has 2 aromatic rings. The van der Waals surface area contributed by atoms with Crippen molar-refractivity contribution < 1.29 is 14.3 Å². The molecule has 0 unspecified atom stereocenters. The highest BCUT2D eigenvalue weighted by atomic mass is 35.5. The van der Waals surface area contributed by atoms with Gasteiger partial charge in [-0.15, -0.1) is 0 Å². The predicted octanol–water partition coefficient (Wildman–Crippen LogP) is 3.92. The molecule has 0 aliphatic rings. The van der Waals surface area contributed by atoms with Gasteiger partial charge in [-0.1, -0.05) is 41.4 Å². The van der Waals surface area contributed by atoms with Gasteiger partial charge in [0.15, 0.2) is 6.61 Å². The van der Waals surface area contributed by atoms with Crippen LogP contribution in [-0.4, -0.2) is 25.3 Å². The first-order valence-electron chi connectivity index (χ1n) is 7.22. The smallest absolute Gasteiger partial charge is 0.277 e. The first-order valence-corrected chi connectivity index (χ1v) is 7.98. The molecule has 24 heavy (non-hydrogen) atoms. The second-order valence-corrected chi connectivity index (χ2v) is 5.39. The van der Waals surface area contributed by atoms with Crippen molar-refractivity contribution in [3.8, 4) is 11.5 Å². The van der Waals surface area contributed by atoms with Crippen LogP contribution in [0.3, 0.4) is 0 Å². The summed E-state index contributed by atoms with van der Waals surface area (Å²) < 4.78 is 10.8. The molecule has 0 heterocycles. The summed E-state index contributed by atoms with van der Waals surface area (Å²) in [6, 6.07) is 12.3. The average Bonchev–Trinajstić information content (AvgIpc) is 2.58. The van der Waals surface area contributed by atoms with Gasteiger partial charge >= 0.3 is 0 Å². The van der Waals surface area contributed by atoms with Crippen LogP contribution in [0.5, 0.6) is 11.5 Å². The van der Waals surface area contributed by atoms with Crippen LogP contribution in [0.4, 0.5) is 0 Å². The van der Waals surface area contributed by atoms with E-state index in [1.165, 1.54) is 6.21 Å². The molecule has 5 nitrogen and oxygen atoms in total. The molecular weight excluding hydrogens is 351 g/mol. The minimum absolute atomic E-state index is 0.232. The number of para-hydroxylation sites is 1. The Labute approximate surface area is 150 Å². The zero-order valence-electron chi connectivity index (χ0n) is 13.0. The summed E-state index contributed by atoms with van der Waals surface area (Å²) in [5.74, 6) is 0.612. The van der Waals surface area contributed by atoms with Crippen LogP contribution < -0.4 is 14.9 Å². The van der Waals surface area contributed by atoms with Crippen LogP contribution in [0.25, 0.3) is 0 Å². The van der Waals surface area contributed by atoms with E-state index in [2.05, 4.69) is 10.5 Å². The van der Waals surface area contributed by atoms with Gasteiger partial charge in [-0.25, -0.2) is 5.43 Å². The number of carbonyl (C=O) groups excluding carboxylic acids is 1. The van der Waals surface area contributed by atoms with E-state index in [0.29, 0.717) is 23.1 Å². The molecule has 7 heteroatoms. The van der Waals surface area contributed by atoms with Gasteiger partial charge in [0.1, 0.15) is 16.5 Å². The number of halogens is 2. The fraction of sp³-hybridized carbons (Fsp3) is 0.176. The molecule has 1 N–H and O–H groups in total. The van der Waals surface area contributed by atoms with Crippen molar-refractivity contribution in [3.63, 3.8) is 0 Å². The molecule has 0 radical (unpaired) electrons. The number of benzene rings is 2. The molecule has 0 spiro atoms. The molecule has 2 aromatic carbocycles. The van der Waals surface area contributed by atoms with Gasteiger partial charge in [-0.05, 0) is 31.2 Å². The summed E-state index contributed by atoms with van der Waals surface area (Å²) in [5, 5.41) is 4.52. The summed E-state index contributed by atoms with van der Waals surface area (Å²) in [5.41, 5.74) is 3.14. The van der Waals surface area contributed by atoms with E-state index < -0.39 is 5.91 Å². The number of rotatable bonds is 7. The maximum atomic E-state index is 11.8. The quantitative estimate of drug-likeness (QED) is 0.596. The summed E-state index contributed by atoms with van der Waals surface area (Å²) >= 11 is 11.8. The van der Waals surface area contributed by atoms with Gasteiger partial charge in [0, 0.05) is 5.56 Å². The third-order valence-electron chi connectivity index (χ3n) is 2.89. The van der Waals surface area contributed by atoms with Crippen molar-refractivity contribution in [2.45, 2.75) is 6.92 Å². The maximum absolute atomic E-state index is 11.8. The lowest BCUT2D eigenvalue weighted by atomic mass is 10.2. The Bertz CT molecular complexity index is 736. The Morgan fingerprint density at radius 1 is 1.12 bits per heavy atom. The molecule has 0 saturated heterocycles. The number of nitrogens with one attached hydrogen (secondary N) is 1. The Morgan fingerprint density at radius 3 is 2.67 bits per heavy atom. The largest absolute Gasteiger partial charge is 0.493 e. The van der Waals surface area contributed by atoms with Crippen molar-refractivity contribution in [2.75, 3.05) is 13.2 Å². The van der Waals surface area contributed by atoms with E-state index in [0.717, 1.165) is 5.56 Å². The second kappa shape index (κ2) is 9.15. The summed E-state index contributed by atoms with van der Waals surface area (Å²) in [6.45, 7) is 2.21. The van der Waals surface area contributed by atoms with Gasteiger partial charge in [0.2, 0.25) is 0 Å². The van der Waals surface area contributed by atoms with E-state index in [4.69, 9.17) is 32.7 Å². The summed E-state index contributed by atoms with van der Waals surface area (Å²) in [7, 11) is 0. The van der Waals surface area contributed by atoms with E-state index in [1.807, 2.05) is 31.2 Å². The molecule has 0 atom stereocenters. The zero-order valence-corrected chi connectivity index (χ0v) is 14.5. The monoisotopic (exact) mass is 366 g/mol. The molecule has 126 valence electrons. The normalized spacial score (nSPS) is 10.6. The van der Waals surface area contributed by atoms with Crippen molar-refractivity contribution in [1.82, 2.24) is 5.43 Å². The molecule has 2 rings (SSSR count). The number of amides is 1. The molecule has 0 bridgehead atoms. The highest BCUT2D eigenvalue weighted by molar-refractivity contribution is 6.42. The minimum atomic E-state index is -0.420. The molecule has 0 aliphatic heterocycles. The highest BCUT2D eigenvalue weighted by Gasteiger charge is 2.07. The number of hydrazone groups is 1. The SMILES string of the molecule is CCOc1ccccc1/C=N\NC(=O)COc1cccc(Cl)c1Cl. The van der Waals surface area contributed by atoms with Crippen LogP contribution in [0.1, 0.15) is 12.5 Å². The van der Waals surface area contributed by atoms with Crippen LogP contribution in [-0.2, 0) is 4.79 Å². The maximum Gasteiger partial charge on any atom is 0.277 e. The Hall–Kier alpha value is -2.24. The Kier molecular flexibility index (Phi) is 6.90. The Morgan fingerprint density at radius 2 is 1.88 bits per heavy atom.